The molecule has 0 radical (unpaired) electrons. The summed E-state index contributed by atoms with van der Waals surface area (Å²) < 4.78 is 17.7. The molecule has 3 N–H and O–H groups in total. The number of carbonyl (C=O) groups excluding carboxylic acids is 1. The minimum atomic E-state index is -4.29. The van der Waals surface area contributed by atoms with Gasteiger partial charge in [0.05, 0.1) is 6.16 Å². The SMILES string of the molecule is CCCCCCCC/C=C\CCCCCCC(=O)N[C@H](Cc1ccc(OCc2ccc(CCCCC)cc2)cc1)CP(=O)(O)O. The summed E-state index contributed by atoms with van der Waals surface area (Å²) in [6, 6.07) is 15.5. The third-order valence-corrected chi connectivity index (χ3v) is 9.06. The predicted octanol–water partition coefficient (Wildman–Crippen LogP) is 9.85. The molecule has 0 aliphatic carbocycles. The summed E-state index contributed by atoms with van der Waals surface area (Å²) in [6.45, 7) is 4.94. The molecule has 6 nitrogen and oxygen atoms in total. The van der Waals surface area contributed by atoms with Gasteiger partial charge in [0.1, 0.15) is 12.4 Å². The van der Waals surface area contributed by atoms with Crippen LogP contribution in [0.25, 0.3) is 0 Å². The second kappa shape index (κ2) is 23.9. The Balaban J connectivity index is 1.67. The Hall–Kier alpha value is -2.40. The van der Waals surface area contributed by atoms with Crippen molar-refractivity contribution in [3.05, 3.63) is 77.4 Å². The van der Waals surface area contributed by atoms with Gasteiger partial charge in [-0.1, -0.05) is 120 Å². The van der Waals surface area contributed by atoms with Crippen molar-refractivity contribution in [2.24, 2.45) is 0 Å². The molecule has 2 rings (SSSR count). The van der Waals surface area contributed by atoms with Crippen LogP contribution in [-0.2, 0) is 28.8 Å². The molecule has 1 amide bonds. The lowest BCUT2D eigenvalue weighted by atomic mass is 10.1. The molecule has 0 aromatic heterocycles. The Morgan fingerprint density at radius 2 is 1.27 bits per heavy atom. The van der Waals surface area contributed by atoms with Crippen LogP contribution in [0.2, 0.25) is 0 Å². The summed E-state index contributed by atoms with van der Waals surface area (Å²) >= 11 is 0. The molecule has 7 heteroatoms. The molecule has 1 atom stereocenters. The molecule has 0 heterocycles. The first kappa shape index (κ1) is 38.8. The monoisotopic (exact) mass is 641 g/mol. The Morgan fingerprint density at radius 3 is 1.89 bits per heavy atom. The van der Waals surface area contributed by atoms with E-state index >= 15 is 0 Å². The fraction of sp³-hybridized carbons (Fsp3) is 0.605. The molecular weight excluding hydrogens is 581 g/mol. The highest BCUT2D eigenvalue weighted by Gasteiger charge is 2.23. The molecule has 2 aromatic carbocycles. The van der Waals surface area contributed by atoms with Gasteiger partial charge >= 0.3 is 7.60 Å². The number of unbranched alkanes of at least 4 members (excludes halogenated alkanes) is 12. The van der Waals surface area contributed by atoms with Gasteiger partial charge < -0.3 is 19.8 Å². The number of amides is 1. The molecule has 0 spiro atoms. The summed E-state index contributed by atoms with van der Waals surface area (Å²) in [6.07, 6.45) is 24.0. The van der Waals surface area contributed by atoms with Crippen molar-refractivity contribution in [3.8, 4) is 5.75 Å². The van der Waals surface area contributed by atoms with Crippen molar-refractivity contribution in [1.29, 1.82) is 0 Å². The summed E-state index contributed by atoms with van der Waals surface area (Å²) in [5.74, 6) is 0.582. The van der Waals surface area contributed by atoms with Crippen LogP contribution in [0.4, 0.5) is 0 Å². The summed E-state index contributed by atoms with van der Waals surface area (Å²) in [5, 5.41) is 2.88. The van der Waals surface area contributed by atoms with E-state index in [9.17, 15) is 19.1 Å². The largest absolute Gasteiger partial charge is 0.489 e. The number of hydrogen-bond acceptors (Lipinski definition) is 3. The van der Waals surface area contributed by atoms with Crippen LogP contribution >= 0.6 is 7.60 Å². The van der Waals surface area contributed by atoms with Gasteiger partial charge in [-0.05, 0) is 80.2 Å². The summed E-state index contributed by atoms with van der Waals surface area (Å²) in [7, 11) is -4.29. The Kier molecular flexibility index (Phi) is 20.6. The molecule has 0 saturated carbocycles. The quantitative estimate of drug-likeness (QED) is 0.0540. The maximum absolute atomic E-state index is 12.6. The standard InChI is InChI=1S/C38H60NO5P/c1-3-5-7-8-9-10-11-12-13-14-15-16-17-19-21-38(40)39-36(32-45(41,42)43)30-34-26-28-37(29-27-34)44-31-35-24-22-33(23-25-35)20-18-6-4-2/h12-13,22-29,36H,3-11,14-21,30-32H2,1-2H3,(H,39,40)(H2,41,42,43)/b13-12-/t36-/m1/s1. The zero-order chi connectivity index (χ0) is 32.6. The van der Waals surface area contributed by atoms with E-state index in [0.29, 0.717) is 19.4 Å². The molecule has 2 aromatic rings. The third kappa shape index (κ3) is 20.4. The van der Waals surface area contributed by atoms with Crippen molar-refractivity contribution in [2.45, 2.75) is 142 Å². The lowest BCUT2D eigenvalue weighted by Gasteiger charge is -2.20. The van der Waals surface area contributed by atoms with Gasteiger partial charge in [0.2, 0.25) is 5.91 Å². The molecule has 252 valence electrons. The normalized spacial score (nSPS) is 12.4. The molecule has 0 unspecified atom stereocenters. The van der Waals surface area contributed by atoms with Crippen LogP contribution in [-0.4, -0.2) is 27.9 Å². The van der Waals surface area contributed by atoms with Crippen molar-refractivity contribution in [2.75, 3.05) is 6.16 Å². The highest BCUT2D eigenvalue weighted by atomic mass is 31.2. The third-order valence-electron chi connectivity index (χ3n) is 8.14. The van der Waals surface area contributed by atoms with E-state index in [2.05, 4.69) is 55.6 Å². The summed E-state index contributed by atoms with van der Waals surface area (Å²) in [4.78, 5) is 31.8. The smallest absolute Gasteiger partial charge is 0.327 e. The number of allylic oxidation sites excluding steroid dienone is 2. The first-order valence-electron chi connectivity index (χ1n) is 17.6. The second-order valence-electron chi connectivity index (χ2n) is 12.5. The van der Waals surface area contributed by atoms with Crippen molar-refractivity contribution in [3.63, 3.8) is 0 Å². The van der Waals surface area contributed by atoms with Crippen molar-refractivity contribution >= 4 is 13.5 Å². The molecule has 0 saturated heterocycles. The minimum absolute atomic E-state index is 0.149. The topological polar surface area (TPSA) is 95.9 Å². The van der Waals surface area contributed by atoms with Crippen LogP contribution in [0.15, 0.2) is 60.7 Å². The van der Waals surface area contributed by atoms with E-state index in [4.69, 9.17) is 4.74 Å². The van der Waals surface area contributed by atoms with Crippen LogP contribution in [0, 0.1) is 0 Å². The molecule has 0 aliphatic heterocycles. The van der Waals surface area contributed by atoms with Gasteiger partial charge in [0, 0.05) is 12.5 Å². The predicted molar refractivity (Wildman–Crippen MR) is 188 cm³/mol. The van der Waals surface area contributed by atoms with Crippen molar-refractivity contribution in [1.82, 2.24) is 5.32 Å². The van der Waals surface area contributed by atoms with Gasteiger partial charge in [-0.15, -0.1) is 0 Å². The van der Waals surface area contributed by atoms with Gasteiger partial charge in [0.25, 0.3) is 0 Å². The molecule has 0 aliphatic rings. The lowest BCUT2D eigenvalue weighted by molar-refractivity contribution is -0.121. The van der Waals surface area contributed by atoms with Crippen LogP contribution in [0.1, 0.15) is 133 Å². The lowest BCUT2D eigenvalue weighted by Crippen LogP contribution is -2.39. The minimum Gasteiger partial charge on any atom is -0.489 e. The van der Waals surface area contributed by atoms with E-state index in [1.165, 1.54) is 69.8 Å². The highest BCUT2D eigenvalue weighted by Crippen LogP contribution is 2.35. The van der Waals surface area contributed by atoms with Crippen LogP contribution in [0.5, 0.6) is 5.75 Å². The Morgan fingerprint density at radius 1 is 0.733 bits per heavy atom. The number of hydrogen-bond donors (Lipinski definition) is 3. The highest BCUT2D eigenvalue weighted by molar-refractivity contribution is 7.51. The number of nitrogens with one attached hydrogen (secondary N) is 1. The van der Waals surface area contributed by atoms with Gasteiger partial charge in [-0.25, -0.2) is 0 Å². The number of ether oxygens (including phenoxy) is 1. The number of benzene rings is 2. The van der Waals surface area contributed by atoms with E-state index in [0.717, 1.165) is 55.4 Å². The molecule has 0 bridgehead atoms. The summed E-state index contributed by atoms with van der Waals surface area (Å²) in [5.41, 5.74) is 3.35. The average molecular weight is 642 g/mol. The van der Waals surface area contributed by atoms with Crippen molar-refractivity contribution < 1.29 is 23.9 Å². The molecular formula is C38H60NO5P. The Bertz CT molecular complexity index is 1110. The molecule has 0 fully saturated rings. The zero-order valence-electron chi connectivity index (χ0n) is 28.1. The van der Waals surface area contributed by atoms with E-state index in [1.54, 1.807) is 0 Å². The Labute approximate surface area is 273 Å². The average Bonchev–Trinajstić information content (AvgIpc) is 3.01. The maximum atomic E-state index is 12.6. The maximum Gasteiger partial charge on any atom is 0.327 e. The van der Waals surface area contributed by atoms with Gasteiger partial charge in [0.15, 0.2) is 0 Å². The first-order chi connectivity index (χ1) is 21.8. The zero-order valence-corrected chi connectivity index (χ0v) is 29.0. The van der Waals surface area contributed by atoms with E-state index in [-0.39, 0.29) is 12.1 Å². The number of aryl methyl sites for hydroxylation is 1. The molecule has 45 heavy (non-hydrogen) atoms. The van der Waals surface area contributed by atoms with Crippen LogP contribution in [0.3, 0.4) is 0 Å². The van der Waals surface area contributed by atoms with Crippen LogP contribution < -0.4 is 10.1 Å². The van der Waals surface area contributed by atoms with Gasteiger partial charge in [-0.2, -0.15) is 0 Å². The van der Waals surface area contributed by atoms with Gasteiger partial charge in [-0.3, -0.25) is 9.36 Å². The fourth-order valence-corrected chi connectivity index (χ4v) is 6.28. The number of rotatable bonds is 26. The first-order valence-corrected chi connectivity index (χ1v) is 19.4. The number of carbonyl (C=O) groups is 1. The van der Waals surface area contributed by atoms with E-state index < -0.39 is 13.6 Å². The van der Waals surface area contributed by atoms with E-state index in [1.807, 2.05) is 24.3 Å². The fourth-order valence-electron chi connectivity index (χ4n) is 5.48. The second-order valence-corrected chi connectivity index (χ2v) is 14.2.